The van der Waals surface area contributed by atoms with Crippen molar-refractivity contribution in [3.63, 3.8) is 0 Å². The molecule has 1 aliphatic rings. The third-order valence-electron chi connectivity index (χ3n) is 4.93. The van der Waals surface area contributed by atoms with Crippen molar-refractivity contribution in [2.24, 2.45) is 5.41 Å². The quantitative estimate of drug-likeness (QED) is 0.631. The van der Waals surface area contributed by atoms with Gasteiger partial charge in [-0.15, -0.1) is 0 Å². The van der Waals surface area contributed by atoms with Gasteiger partial charge in [-0.05, 0) is 12.1 Å². The van der Waals surface area contributed by atoms with Crippen LogP contribution in [0.1, 0.15) is 34.9 Å². The minimum absolute atomic E-state index is 0.0289. The molecule has 3 aromatic rings. The Bertz CT molecular complexity index is 942. The van der Waals surface area contributed by atoms with E-state index in [1.165, 1.54) is 0 Å². The van der Waals surface area contributed by atoms with Crippen LogP contribution in [-0.4, -0.2) is 45.6 Å². The number of carbonyl (C=O) groups excluding carboxylic acids is 1. The molecule has 0 radical (unpaired) electrons. The molecule has 4 rings (SSSR count). The lowest BCUT2D eigenvalue weighted by atomic mass is 9.95. The number of rotatable bonds is 5. The first-order valence-corrected chi connectivity index (χ1v) is 9.97. The summed E-state index contributed by atoms with van der Waals surface area (Å²) in [5, 5.41) is 14.6. The van der Waals surface area contributed by atoms with Crippen LogP contribution in [0.5, 0.6) is 0 Å². The second-order valence-corrected chi connectivity index (χ2v) is 8.90. The molecule has 1 amide bonds. The highest BCUT2D eigenvalue weighted by Gasteiger charge is 2.26. The lowest BCUT2D eigenvalue weighted by Crippen LogP contribution is -2.35. The van der Waals surface area contributed by atoms with Gasteiger partial charge in [-0.1, -0.05) is 43.4 Å². The second-order valence-electron chi connectivity index (χ2n) is 7.81. The smallest absolute Gasteiger partial charge is 0.270 e. The maximum absolute atomic E-state index is 12.9. The molecule has 3 heterocycles. The summed E-state index contributed by atoms with van der Waals surface area (Å²) >= 11 is 1.60. The van der Waals surface area contributed by atoms with Crippen molar-refractivity contribution in [1.82, 2.24) is 14.9 Å². The molecular formula is C20H24N4O2S. The van der Waals surface area contributed by atoms with Gasteiger partial charge in [0.1, 0.15) is 5.69 Å². The van der Waals surface area contributed by atoms with Gasteiger partial charge < -0.3 is 20.3 Å². The van der Waals surface area contributed by atoms with Gasteiger partial charge in [0, 0.05) is 47.3 Å². The fourth-order valence-electron chi connectivity index (χ4n) is 3.17. The summed E-state index contributed by atoms with van der Waals surface area (Å²) in [5.74, 6) is 0.0289. The van der Waals surface area contributed by atoms with Crippen molar-refractivity contribution >= 4 is 33.3 Å². The number of H-pyrrole nitrogens is 1. The number of aromatic amines is 1. The predicted octanol–water partition coefficient (Wildman–Crippen LogP) is 3.25. The molecule has 0 spiro atoms. The number of aliphatic hydroxyl groups is 1. The molecule has 0 saturated carbocycles. The maximum Gasteiger partial charge on any atom is 0.270 e. The van der Waals surface area contributed by atoms with Crippen molar-refractivity contribution in [3.05, 3.63) is 46.6 Å². The van der Waals surface area contributed by atoms with E-state index in [9.17, 15) is 9.90 Å². The third kappa shape index (κ3) is 3.70. The zero-order valence-electron chi connectivity index (χ0n) is 15.6. The molecule has 0 aliphatic carbocycles. The van der Waals surface area contributed by atoms with Crippen LogP contribution in [0.2, 0.25) is 0 Å². The molecule has 0 fully saturated rings. The van der Waals surface area contributed by atoms with E-state index in [-0.39, 0.29) is 17.9 Å². The summed E-state index contributed by atoms with van der Waals surface area (Å²) < 4.78 is 0. The third-order valence-corrected chi connectivity index (χ3v) is 5.97. The number of fused-ring (bicyclic) bond motifs is 2. The number of hydrogen-bond donors (Lipinski definition) is 3. The summed E-state index contributed by atoms with van der Waals surface area (Å²) in [6.07, 6.45) is 0.767. The Kier molecular flexibility index (Phi) is 4.65. The fourth-order valence-corrected chi connectivity index (χ4v) is 4.19. The van der Waals surface area contributed by atoms with Gasteiger partial charge in [0.05, 0.1) is 12.2 Å². The molecule has 0 unspecified atom stereocenters. The molecule has 7 heteroatoms. The number of nitrogens with one attached hydrogen (secondary N) is 2. The van der Waals surface area contributed by atoms with Crippen LogP contribution < -0.4 is 5.32 Å². The second kappa shape index (κ2) is 6.98. The Morgan fingerprint density at radius 3 is 3.00 bits per heavy atom. The summed E-state index contributed by atoms with van der Waals surface area (Å²) in [5.41, 5.74) is 2.50. The lowest BCUT2D eigenvalue weighted by Gasteiger charge is -2.25. The number of carbonyl (C=O) groups is 1. The van der Waals surface area contributed by atoms with E-state index in [1.807, 2.05) is 49.1 Å². The zero-order valence-corrected chi connectivity index (χ0v) is 16.4. The number of para-hydroxylation sites is 1. The van der Waals surface area contributed by atoms with Gasteiger partial charge in [-0.3, -0.25) is 4.79 Å². The van der Waals surface area contributed by atoms with Crippen LogP contribution >= 0.6 is 11.3 Å². The Labute approximate surface area is 162 Å². The van der Waals surface area contributed by atoms with Crippen molar-refractivity contribution in [2.45, 2.75) is 26.8 Å². The van der Waals surface area contributed by atoms with E-state index >= 15 is 0 Å². The summed E-state index contributed by atoms with van der Waals surface area (Å²) in [4.78, 5) is 23.8. The molecule has 6 nitrogen and oxygen atoms in total. The number of benzene rings is 1. The summed E-state index contributed by atoms with van der Waals surface area (Å²) in [6, 6.07) is 9.84. The molecule has 1 aromatic carbocycles. The first-order valence-electron chi connectivity index (χ1n) is 9.15. The van der Waals surface area contributed by atoms with Gasteiger partial charge in [-0.2, -0.15) is 0 Å². The highest BCUT2D eigenvalue weighted by atomic mass is 32.1. The molecule has 3 N–H and O–H groups in total. The Morgan fingerprint density at radius 2 is 2.22 bits per heavy atom. The van der Waals surface area contributed by atoms with Crippen molar-refractivity contribution in [1.29, 1.82) is 0 Å². The maximum atomic E-state index is 12.9. The van der Waals surface area contributed by atoms with Crippen LogP contribution in [0.15, 0.2) is 30.3 Å². The number of nitrogens with zero attached hydrogens (tertiary/aromatic N) is 2. The Balaban J connectivity index is 1.47. The van der Waals surface area contributed by atoms with Gasteiger partial charge in [0.2, 0.25) is 0 Å². The molecule has 27 heavy (non-hydrogen) atoms. The van der Waals surface area contributed by atoms with Crippen LogP contribution in [0.3, 0.4) is 0 Å². The first kappa shape index (κ1) is 18.0. The molecule has 1 aliphatic heterocycles. The van der Waals surface area contributed by atoms with Crippen LogP contribution in [0, 0.1) is 5.41 Å². The van der Waals surface area contributed by atoms with Gasteiger partial charge in [0.15, 0.2) is 5.13 Å². The number of aliphatic hydroxyl groups excluding tert-OH is 1. The number of amides is 1. The normalized spacial score (nSPS) is 14.4. The highest BCUT2D eigenvalue weighted by molar-refractivity contribution is 7.15. The first-order chi connectivity index (χ1) is 12.9. The monoisotopic (exact) mass is 384 g/mol. The molecule has 0 saturated heterocycles. The van der Waals surface area contributed by atoms with E-state index in [0.29, 0.717) is 25.3 Å². The number of thiazole rings is 1. The standard InChI is InChI=1S/C20H24N4O2S/c1-20(2,12-25)11-21-19-23-15-7-8-24(10-17(15)27-19)18(26)16-9-13-5-3-4-6-14(13)22-16/h3-6,9,22,25H,7-8,10-12H2,1-2H3,(H,21,23). The lowest BCUT2D eigenvalue weighted by molar-refractivity contribution is 0.0731. The van der Waals surface area contributed by atoms with Crippen molar-refractivity contribution in [3.8, 4) is 0 Å². The molecule has 142 valence electrons. The van der Waals surface area contributed by atoms with Crippen LogP contribution in [0.25, 0.3) is 10.9 Å². The number of aromatic nitrogens is 2. The average Bonchev–Trinajstić information content (AvgIpc) is 3.28. The Morgan fingerprint density at radius 1 is 1.41 bits per heavy atom. The molecule has 0 bridgehead atoms. The average molecular weight is 385 g/mol. The van der Waals surface area contributed by atoms with E-state index in [4.69, 9.17) is 0 Å². The highest BCUT2D eigenvalue weighted by Crippen LogP contribution is 2.30. The number of hydrogen-bond acceptors (Lipinski definition) is 5. The van der Waals surface area contributed by atoms with Gasteiger partial charge in [0.25, 0.3) is 5.91 Å². The van der Waals surface area contributed by atoms with E-state index in [1.54, 1.807) is 11.3 Å². The number of anilines is 1. The van der Waals surface area contributed by atoms with Gasteiger partial charge >= 0.3 is 0 Å². The molecule has 2 aromatic heterocycles. The zero-order chi connectivity index (χ0) is 19.0. The van der Waals surface area contributed by atoms with Crippen molar-refractivity contribution in [2.75, 3.05) is 25.0 Å². The topological polar surface area (TPSA) is 81.2 Å². The van der Waals surface area contributed by atoms with Gasteiger partial charge in [-0.25, -0.2) is 4.98 Å². The SMILES string of the molecule is CC(C)(CO)CNc1nc2c(s1)CN(C(=O)c1cc3ccccc3[nH]1)CC2. The minimum atomic E-state index is -0.191. The largest absolute Gasteiger partial charge is 0.396 e. The Hall–Kier alpha value is -2.38. The van der Waals surface area contributed by atoms with Crippen molar-refractivity contribution < 1.29 is 9.90 Å². The summed E-state index contributed by atoms with van der Waals surface area (Å²) in [6.45, 7) is 6.06. The fraction of sp³-hybridized carbons (Fsp3) is 0.400. The van der Waals surface area contributed by atoms with Crippen LogP contribution in [0.4, 0.5) is 5.13 Å². The van der Waals surface area contributed by atoms with Crippen LogP contribution in [-0.2, 0) is 13.0 Å². The van der Waals surface area contributed by atoms with E-state index in [2.05, 4.69) is 15.3 Å². The van der Waals surface area contributed by atoms with E-state index < -0.39 is 0 Å². The minimum Gasteiger partial charge on any atom is -0.396 e. The summed E-state index contributed by atoms with van der Waals surface area (Å²) in [7, 11) is 0. The molecule has 0 atom stereocenters. The molecular weight excluding hydrogens is 360 g/mol. The van der Waals surface area contributed by atoms with E-state index in [0.717, 1.165) is 33.0 Å². The predicted molar refractivity (Wildman–Crippen MR) is 108 cm³/mol.